The third-order valence-electron chi connectivity index (χ3n) is 2.63. The second-order valence-corrected chi connectivity index (χ2v) is 4.58. The third kappa shape index (κ3) is 4.57. The van der Waals surface area contributed by atoms with Crippen LogP contribution in [0.4, 0.5) is 4.79 Å². The fourth-order valence-corrected chi connectivity index (χ4v) is 1.64. The quantitative estimate of drug-likeness (QED) is 0.874. The summed E-state index contributed by atoms with van der Waals surface area (Å²) >= 11 is 0. The molecule has 1 N–H and O–H groups in total. The highest BCUT2D eigenvalue weighted by Gasteiger charge is 2.23. The minimum Gasteiger partial charge on any atom is -0.480 e. The van der Waals surface area contributed by atoms with Crippen LogP contribution in [0.15, 0.2) is 24.4 Å². The van der Waals surface area contributed by atoms with Crippen molar-refractivity contribution in [2.45, 2.75) is 26.4 Å². The van der Waals surface area contributed by atoms with Crippen LogP contribution in [0.1, 0.15) is 19.5 Å². The van der Waals surface area contributed by atoms with Crippen LogP contribution in [0.2, 0.25) is 0 Å². The summed E-state index contributed by atoms with van der Waals surface area (Å²) in [4.78, 5) is 29.9. The molecule has 0 aliphatic heterocycles. The molecule has 0 saturated carbocycles. The van der Waals surface area contributed by atoms with Crippen LogP contribution in [0.5, 0.6) is 0 Å². The molecule has 19 heavy (non-hydrogen) atoms. The van der Waals surface area contributed by atoms with E-state index < -0.39 is 5.97 Å². The Morgan fingerprint density at radius 2 is 2.05 bits per heavy atom. The maximum atomic E-state index is 12.2. The van der Waals surface area contributed by atoms with Gasteiger partial charge in [-0.1, -0.05) is 6.07 Å². The number of aliphatic carboxylic acids is 1. The van der Waals surface area contributed by atoms with Crippen LogP contribution >= 0.6 is 0 Å². The Labute approximate surface area is 112 Å². The molecule has 0 radical (unpaired) electrons. The normalized spacial score (nSPS) is 10.3. The van der Waals surface area contributed by atoms with Crippen LogP contribution in [0.3, 0.4) is 0 Å². The SMILES string of the molecule is CC(C)N(CC(=O)O)C(=O)N(C)Cc1ccccn1. The Bertz CT molecular complexity index is 434. The molecule has 6 heteroatoms. The summed E-state index contributed by atoms with van der Waals surface area (Å²) in [7, 11) is 1.63. The Morgan fingerprint density at radius 3 is 2.53 bits per heavy atom. The summed E-state index contributed by atoms with van der Waals surface area (Å²) in [5.41, 5.74) is 0.761. The number of hydrogen-bond acceptors (Lipinski definition) is 3. The van der Waals surface area contributed by atoms with Gasteiger partial charge in [-0.3, -0.25) is 9.78 Å². The van der Waals surface area contributed by atoms with Crippen LogP contribution in [0, 0.1) is 0 Å². The highest BCUT2D eigenvalue weighted by atomic mass is 16.4. The number of urea groups is 1. The van der Waals surface area contributed by atoms with E-state index in [2.05, 4.69) is 4.98 Å². The highest BCUT2D eigenvalue weighted by Crippen LogP contribution is 2.06. The van der Waals surface area contributed by atoms with Crippen LogP contribution in [0.25, 0.3) is 0 Å². The number of rotatable bonds is 5. The van der Waals surface area contributed by atoms with Gasteiger partial charge in [0, 0.05) is 19.3 Å². The molecule has 6 nitrogen and oxygen atoms in total. The molecule has 1 aromatic heterocycles. The second kappa shape index (κ2) is 6.72. The molecule has 0 bridgehead atoms. The third-order valence-corrected chi connectivity index (χ3v) is 2.63. The summed E-state index contributed by atoms with van der Waals surface area (Å²) in [6.45, 7) is 3.62. The fourth-order valence-electron chi connectivity index (χ4n) is 1.64. The van der Waals surface area contributed by atoms with Crippen LogP contribution in [-0.2, 0) is 11.3 Å². The molecule has 2 amide bonds. The summed E-state index contributed by atoms with van der Waals surface area (Å²) < 4.78 is 0. The molecule has 0 aromatic carbocycles. The number of carboxylic acid groups (broad SMARTS) is 1. The van der Waals surface area contributed by atoms with Gasteiger partial charge in [0.2, 0.25) is 0 Å². The smallest absolute Gasteiger partial charge is 0.323 e. The number of pyridine rings is 1. The largest absolute Gasteiger partial charge is 0.480 e. The van der Waals surface area contributed by atoms with E-state index in [0.717, 1.165) is 5.69 Å². The number of carbonyl (C=O) groups is 2. The van der Waals surface area contributed by atoms with Crippen molar-refractivity contribution in [3.63, 3.8) is 0 Å². The fraction of sp³-hybridized carbons (Fsp3) is 0.462. The van der Waals surface area contributed by atoms with Crippen LogP contribution < -0.4 is 0 Å². The number of amides is 2. The van der Waals surface area contributed by atoms with Gasteiger partial charge in [-0.2, -0.15) is 0 Å². The van der Waals surface area contributed by atoms with Gasteiger partial charge in [-0.05, 0) is 26.0 Å². The standard InChI is InChI=1S/C13H19N3O3/c1-10(2)16(9-12(17)18)13(19)15(3)8-11-6-4-5-7-14-11/h4-7,10H,8-9H2,1-3H3,(H,17,18). The topological polar surface area (TPSA) is 73.7 Å². The molecule has 104 valence electrons. The van der Waals surface area contributed by atoms with E-state index in [-0.39, 0.29) is 18.6 Å². The molecule has 0 aliphatic carbocycles. The zero-order chi connectivity index (χ0) is 14.4. The number of nitrogens with zero attached hydrogens (tertiary/aromatic N) is 3. The van der Waals surface area contributed by atoms with Gasteiger partial charge in [-0.15, -0.1) is 0 Å². The van der Waals surface area contributed by atoms with E-state index in [9.17, 15) is 9.59 Å². The van der Waals surface area contributed by atoms with Crippen molar-refractivity contribution in [2.75, 3.05) is 13.6 Å². The van der Waals surface area contributed by atoms with E-state index in [0.29, 0.717) is 6.54 Å². The predicted molar refractivity (Wildman–Crippen MR) is 70.6 cm³/mol. The predicted octanol–water partition coefficient (Wildman–Crippen LogP) is 1.43. The summed E-state index contributed by atoms with van der Waals surface area (Å²) in [6.07, 6.45) is 1.66. The van der Waals surface area contributed by atoms with E-state index in [4.69, 9.17) is 5.11 Å². The van der Waals surface area contributed by atoms with Crippen molar-refractivity contribution >= 4 is 12.0 Å². The lowest BCUT2D eigenvalue weighted by molar-refractivity contribution is -0.138. The lowest BCUT2D eigenvalue weighted by Gasteiger charge is -2.29. The lowest BCUT2D eigenvalue weighted by Crippen LogP contribution is -2.46. The zero-order valence-corrected chi connectivity index (χ0v) is 11.4. The molecule has 1 rings (SSSR count). The van der Waals surface area contributed by atoms with Crippen molar-refractivity contribution in [1.82, 2.24) is 14.8 Å². The van der Waals surface area contributed by atoms with Crippen molar-refractivity contribution in [2.24, 2.45) is 0 Å². The first-order chi connectivity index (χ1) is 8.91. The minimum atomic E-state index is -1.02. The minimum absolute atomic E-state index is 0.171. The van der Waals surface area contributed by atoms with Crippen molar-refractivity contribution in [3.8, 4) is 0 Å². The molecular formula is C13H19N3O3. The van der Waals surface area contributed by atoms with Crippen molar-refractivity contribution in [1.29, 1.82) is 0 Å². The second-order valence-electron chi connectivity index (χ2n) is 4.58. The summed E-state index contributed by atoms with van der Waals surface area (Å²) in [6, 6.07) is 4.98. The number of carboxylic acids is 1. The molecule has 1 aromatic rings. The summed E-state index contributed by atoms with van der Waals surface area (Å²) in [5, 5.41) is 8.83. The monoisotopic (exact) mass is 265 g/mol. The molecule has 0 unspecified atom stereocenters. The molecule has 0 fully saturated rings. The van der Waals surface area contributed by atoms with E-state index >= 15 is 0 Å². The lowest BCUT2D eigenvalue weighted by atomic mass is 10.3. The number of hydrogen-bond donors (Lipinski definition) is 1. The van der Waals surface area contributed by atoms with E-state index in [1.165, 1.54) is 9.80 Å². The van der Waals surface area contributed by atoms with Gasteiger partial charge >= 0.3 is 12.0 Å². The molecule has 1 heterocycles. The van der Waals surface area contributed by atoms with Gasteiger partial charge in [0.1, 0.15) is 6.54 Å². The maximum absolute atomic E-state index is 12.2. The Hall–Kier alpha value is -2.11. The van der Waals surface area contributed by atoms with Crippen molar-refractivity contribution in [3.05, 3.63) is 30.1 Å². The number of carbonyl (C=O) groups excluding carboxylic acids is 1. The molecule has 0 saturated heterocycles. The molecule has 0 aliphatic rings. The zero-order valence-electron chi connectivity index (χ0n) is 11.4. The van der Waals surface area contributed by atoms with Crippen LogP contribution in [-0.4, -0.2) is 51.5 Å². The summed E-state index contributed by atoms with van der Waals surface area (Å²) in [5.74, 6) is -1.02. The van der Waals surface area contributed by atoms with Gasteiger partial charge in [0.05, 0.1) is 12.2 Å². The Balaban J connectivity index is 2.71. The molecular weight excluding hydrogens is 246 g/mol. The van der Waals surface area contributed by atoms with Gasteiger partial charge in [-0.25, -0.2) is 4.79 Å². The Morgan fingerprint density at radius 1 is 1.37 bits per heavy atom. The first-order valence-electron chi connectivity index (χ1n) is 6.05. The first kappa shape index (κ1) is 14.9. The Kier molecular flexibility index (Phi) is 5.29. The maximum Gasteiger partial charge on any atom is 0.323 e. The highest BCUT2D eigenvalue weighted by molar-refractivity contribution is 5.80. The van der Waals surface area contributed by atoms with E-state index in [1.807, 2.05) is 12.1 Å². The molecule has 0 atom stereocenters. The van der Waals surface area contributed by atoms with Gasteiger partial charge in [0.25, 0.3) is 0 Å². The number of aromatic nitrogens is 1. The molecule has 0 spiro atoms. The average Bonchev–Trinajstić information content (AvgIpc) is 2.35. The van der Waals surface area contributed by atoms with Gasteiger partial charge < -0.3 is 14.9 Å². The van der Waals surface area contributed by atoms with Gasteiger partial charge in [0.15, 0.2) is 0 Å². The first-order valence-corrected chi connectivity index (χ1v) is 6.05. The van der Waals surface area contributed by atoms with Crippen molar-refractivity contribution < 1.29 is 14.7 Å². The average molecular weight is 265 g/mol. The van der Waals surface area contributed by atoms with E-state index in [1.54, 1.807) is 33.2 Å².